The number of rotatable bonds is 7. The van der Waals surface area contributed by atoms with Gasteiger partial charge in [-0.2, -0.15) is 5.10 Å². The molecule has 0 fully saturated rings. The molecule has 0 aromatic heterocycles. The molecule has 0 saturated carbocycles. The van der Waals surface area contributed by atoms with Crippen LogP contribution in [0.5, 0.6) is 0 Å². The molecule has 2 aromatic rings. The lowest BCUT2D eigenvalue weighted by molar-refractivity contribution is -0.118. The Labute approximate surface area is 152 Å². The van der Waals surface area contributed by atoms with E-state index >= 15 is 0 Å². The second-order valence-electron chi connectivity index (χ2n) is 5.70. The second kappa shape index (κ2) is 9.50. The van der Waals surface area contributed by atoms with E-state index in [0.29, 0.717) is 17.4 Å². The first kappa shape index (κ1) is 18.6. The van der Waals surface area contributed by atoms with Gasteiger partial charge in [0.05, 0.1) is 12.0 Å². The summed E-state index contributed by atoms with van der Waals surface area (Å²) in [5, 5.41) is 4.73. The molecule has 0 bridgehead atoms. The minimum Gasteiger partial charge on any atom is -0.272 e. The summed E-state index contributed by atoms with van der Waals surface area (Å²) in [6.45, 7) is 4.31. The zero-order valence-corrected chi connectivity index (χ0v) is 15.4. The van der Waals surface area contributed by atoms with Crippen molar-refractivity contribution in [1.82, 2.24) is 5.43 Å². The average Bonchev–Trinajstić information content (AvgIpc) is 2.57. The van der Waals surface area contributed by atoms with Gasteiger partial charge in [0.1, 0.15) is 0 Å². The van der Waals surface area contributed by atoms with Gasteiger partial charge in [0.25, 0.3) is 0 Å². The third kappa shape index (κ3) is 6.02. The average molecular weight is 361 g/mol. The summed E-state index contributed by atoms with van der Waals surface area (Å²) in [6.07, 6.45) is 1.65. The SMILES string of the molecule is CC(C)c1ccc(/C=N\NC(=O)CSCc2ccccc2Cl)cc1. The Balaban J connectivity index is 1.73. The minimum absolute atomic E-state index is 0.123. The number of hydrazone groups is 1. The van der Waals surface area contributed by atoms with Crippen LogP contribution in [0.2, 0.25) is 5.02 Å². The van der Waals surface area contributed by atoms with Crippen LogP contribution in [0.25, 0.3) is 0 Å². The van der Waals surface area contributed by atoms with Gasteiger partial charge in [-0.05, 0) is 28.7 Å². The number of carbonyl (C=O) groups excluding carboxylic acids is 1. The number of hydrogen-bond acceptors (Lipinski definition) is 3. The molecule has 0 atom stereocenters. The molecule has 5 heteroatoms. The van der Waals surface area contributed by atoms with Gasteiger partial charge in [0, 0.05) is 10.8 Å². The number of nitrogens with one attached hydrogen (secondary N) is 1. The first-order valence-electron chi connectivity index (χ1n) is 7.79. The van der Waals surface area contributed by atoms with E-state index in [0.717, 1.165) is 16.1 Å². The van der Waals surface area contributed by atoms with Crippen LogP contribution in [0, 0.1) is 0 Å². The summed E-state index contributed by atoms with van der Waals surface area (Å²) in [6, 6.07) is 15.8. The fraction of sp³-hybridized carbons (Fsp3) is 0.263. The predicted octanol–water partition coefficient (Wildman–Crippen LogP) is 4.85. The van der Waals surface area contributed by atoms with Crippen molar-refractivity contribution >= 4 is 35.5 Å². The molecule has 0 spiro atoms. The largest absolute Gasteiger partial charge is 0.272 e. The molecule has 1 amide bonds. The number of thioether (sulfide) groups is 1. The summed E-state index contributed by atoms with van der Waals surface area (Å²) in [7, 11) is 0. The zero-order chi connectivity index (χ0) is 17.4. The van der Waals surface area contributed by atoms with Crippen LogP contribution in [-0.4, -0.2) is 17.9 Å². The fourth-order valence-electron chi connectivity index (χ4n) is 2.05. The van der Waals surface area contributed by atoms with Crippen LogP contribution in [0.3, 0.4) is 0 Å². The summed E-state index contributed by atoms with van der Waals surface area (Å²) in [5.41, 5.74) is 5.83. The summed E-state index contributed by atoms with van der Waals surface area (Å²) in [5.74, 6) is 1.43. The molecule has 1 N–H and O–H groups in total. The van der Waals surface area contributed by atoms with Gasteiger partial charge >= 0.3 is 0 Å². The highest BCUT2D eigenvalue weighted by molar-refractivity contribution is 7.99. The van der Waals surface area contributed by atoms with Crippen LogP contribution in [0.1, 0.15) is 36.5 Å². The monoisotopic (exact) mass is 360 g/mol. The standard InChI is InChI=1S/C19H21ClN2OS/c1-14(2)16-9-7-15(8-10-16)11-21-22-19(23)13-24-12-17-5-3-4-6-18(17)20/h3-11,14H,12-13H2,1-2H3,(H,22,23)/b21-11-. The smallest absolute Gasteiger partial charge is 0.250 e. The first-order chi connectivity index (χ1) is 11.6. The van der Waals surface area contributed by atoms with Gasteiger partial charge in [-0.3, -0.25) is 4.79 Å². The third-order valence-corrected chi connectivity index (χ3v) is 4.80. The molecule has 0 saturated heterocycles. The Hall–Kier alpha value is -1.78. The molecule has 0 radical (unpaired) electrons. The van der Waals surface area contributed by atoms with Crippen molar-refractivity contribution in [3.63, 3.8) is 0 Å². The molecule has 0 aliphatic carbocycles. The van der Waals surface area contributed by atoms with Crippen molar-refractivity contribution in [3.05, 3.63) is 70.2 Å². The van der Waals surface area contributed by atoms with Gasteiger partial charge in [0.2, 0.25) is 5.91 Å². The number of carbonyl (C=O) groups is 1. The highest BCUT2D eigenvalue weighted by Gasteiger charge is 2.03. The van der Waals surface area contributed by atoms with Gasteiger partial charge in [-0.25, -0.2) is 5.43 Å². The topological polar surface area (TPSA) is 41.5 Å². The molecule has 0 aliphatic heterocycles. The van der Waals surface area contributed by atoms with Crippen molar-refractivity contribution in [3.8, 4) is 0 Å². The predicted molar refractivity (Wildman–Crippen MR) is 104 cm³/mol. The second-order valence-corrected chi connectivity index (χ2v) is 7.09. The molecular formula is C19H21ClN2OS. The quantitative estimate of drug-likeness (QED) is 0.566. The maximum Gasteiger partial charge on any atom is 0.250 e. The molecule has 2 aromatic carbocycles. The van der Waals surface area contributed by atoms with E-state index in [1.165, 1.54) is 17.3 Å². The summed E-state index contributed by atoms with van der Waals surface area (Å²) >= 11 is 7.59. The fourth-order valence-corrected chi connectivity index (χ4v) is 3.15. The maximum atomic E-state index is 11.8. The Morgan fingerprint density at radius 2 is 1.92 bits per heavy atom. The van der Waals surface area contributed by atoms with Crippen molar-refractivity contribution in [2.45, 2.75) is 25.5 Å². The number of hydrogen-bond donors (Lipinski definition) is 1. The van der Waals surface area contributed by atoms with Crippen molar-refractivity contribution in [2.75, 3.05) is 5.75 Å². The van der Waals surface area contributed by atoms with E-state index in [4.69, 9.17) is 11.6 Å². The van der Waals surface area contributed by atoms with Gasteiger partial charge in [0.15, 0.2) is 0 Å². The van der Waals surface area contributed by atoms with Crippen molar-refractivity contribution < 1.29 is 4.79 Å². The van der Waals surface area contributed by atoms with Crippen LogP contribution in [-0.2, 0) is 10.5 Å². The number of amides is 1. The molecular weight excluding hydrogens is 340 g/mol. The lowest BCUT2D eigenvalue weighted by Gasteiger charge is -2.05. The Morgan fingerprint density at radius 1 is 1.21 bits per heavy atom. The molecule has 2 rings (SSSR count). The Bertz CT molecular complexity index is 699. The van der Waals surface area contributed by atoms with Gasteiger partial charge in [-0.15, -0.1) is 11.8 Å². The Kier molecular flexibility index (Phi) is 7.35. The van der Waals surface area contributed by atoms with Crippen molar-refractivity contribution in [1.29, 1.82) is 0 Å². The summed E-state index contributed by atoms with van der Waals surface area (Å²) in [4.78, 5) is 11.8. The maximum absolute atomic E-state index is 11.8. The van der Waals surface area contributed by atoms with E-state index in [1.807, 2.05) is 36.4 Å². The van der Waals surface area contributed by atoms with Crippen molar-refractivity contribution in [2.24, 2.45) is 5.10 Å². The molecule has 0 heterocycles. The minimum atomic E-state index is -0.123. The number of halogens is 1. The normalized spacial score (nSPS) is 11.2. The summed E-state index contributed by atoms with van der Waals surface area (Å²) < 4.78 is 0. The van der Waals surface area contributed by atoms with E-state index in [1.54, 1.807) is 6.21 Å². The van der Waals surface area contributed by atoms with Gasteiger partial charge in [-0.1, -0.05) is 67.9 Å². The number of benzene rings is 2. The third-order valence-electron chi connectivity index (χ3n) is 3.45. The first-order valence-corrected chi connectivity index (χ1v) is 9.32. The highest BCUT2D eigenvalue weighted by atomic mass is 35.5. The van der Waals surface area contributed by atoms with E-state index in [9.17, 15) is 4.79 Å². The van der Waals surface area contributed by atoms with E-state index < -0.39 is 0 Å². The van der Waals surface area contributed by atoms with Crippen LogP contribution in [0.4, 0.5) is 0 Å². The molecule has 126 valence electrons. The highest BCUT2D eigenvalue weighted by Crippen LogP contribution is 2.20. The Morgan fingerprint density at radius 3 is 2.58 bits per heavy atom. The van der Waals surface area contributed by atoms with Crippen LogP contribution < -0.4 is 5.43 Å². The van der Waals surface area contributed by atoms with Crippen LogP contribution in [0.15, 0.2) is 53.6 Å². The van der Waals surface area contributed by atoms with Gasteiger partial charge < -0.3 is 0 Å². The molecule has 24 heavy (non-hydrogen) atoms. The number of nitrogens with zero attached hydrogens (tertiary/aromatic N) is 1. The van der Waals surface area contributed by atoms with E-state index in [-0.39, 0.29) is 5.91 Å². The lowest BCUT2D eigenvalue weighted by Crippen LogP contribution is -2.19. The van der Waals surface area contributed by atoms with Crippen LogP contribution >= 0.6 is 23.4 Å². The van der Waals surface area contributed by atoms with E-state index in [2.05, 4.69) is 36.5 Å². The zero-order valence-electron chi connectivity index (χ0n) is 13.8. The molecule has 3 nitrogen and oxygen atoms in total. The lowest BCUT2D eigenvalue weighted by atomic mass is 10.0. The molecule has 0 aliphatic rings. The molecule has 0 unspecified atom stereocenters.